The first-order valence-corrected chi connectivity index (χ1v) is 10.3. The van der Waals surface area contributed by atoms with Crippen LogP contribution in [0.5, 0.6) is 0 Å². The number of alkyl halides is 3. The quantitative estimate of drug-likeness (QED) is 0.370. The SMILES string of the molecule is CC(C)Cc1ccc(-c2nc(-c3ccc(N)nc3)c(-c3ccc(C(F)(F)F)cc3)[nH]2)cc1. The monoisotopic (exact) mass is 436 g/mol. The normalized spacial score (nSPS) is 11.8. The van der Waals surface area contributed by atoms with Crippen LogP contribution in [0.2, 0.25) is 0 Å². The molecule has 0 fully saturated rings. The van der Waals surface area contributed by atoms with Gasteiger partial charge in [-0.25, -0.2) is 9.97 Å². The Morgan fingerprint density at radius 1 is 0.875 bits per heavy atom. The first kappa shape index (κ1) is 21.6. The highest BCUT2D eigenvalue weighted by atomic mass is 19.4. The minimum absolute atomic E-state index is 0.376. The van der Waals surface area contributed by atoms with E-state index in [0.717, 1.165) is 24.1 Å². The van der Waals surface area contributed by atoms with E-state index in [1.807, 2.05) is 12.1 Å². The molecule has 0 saturated heterocycles. The Bertz CT molecular complexity index is 1190. The summed E-state index contributed by atoms with van der Waals surface area (Å²) in [6.07, 6.45) is -1.80. The molecule has 2 aromatic carbocycles. The van der Waals surface area contributed by atoms with Gasteiger partial charge in [0.25, 0.3) is 0 Å². The second kappa shape index (κ2) is 8.49. The van der Waals surface area contributed by atoms with E-state index in [1.54, 1.807) is 18.3 Å². The number of H-pyrrole nitrogens is 1. The van der Waals surface area contributed by atoms with E-state index >= 15 is 0 Å². The first-order chi connectivity index (χ1) is 15.2. The first-order valence-electron chi connectivity index (χ1n) is 10.3. The molecule has 0 atom stereocenters. The van der Waals surface area contributed by atoms with Crippen LogP contribution in [0.25, 0.3) is 33.9 Å². The molecule has 32 heavy (non-hydrogen) atoms. The van der Waals surface area contributed by atoms with Crippen LogP contribution in [0.4, 0.5) is 19.0 Å². The molecule has 0 saturated carbocycles. The molecule has 4 nitrogen and oxygen atoms in total. The number of nitrogens with one attached hydrogen (secondary N) is 1. The summed E-state index contributed by atoms with van der Waals surface area (Å²) in [4.78, 5) is 12.2. The van der Waals surface area contributed by atoms with E-state index in [2.05, 4.69) is 35.9 Å². The average molecular weight is 436 g/mol. The van der Waals surface area contributed by atoms with Crippen LogP contribution in [0, 0.1) is 5.92 Å². The molecule has 7 heteroatoms. The molecule has 0 bridgehead atoms. The average Bonchev–Trinajstić information content (AvgIpc) is 3.19. The van der Waals surface area contributed by atoms with Crippen LogP contribution < -0.4 is 5.73 Å². The summed E-state index contributed by atoms with van der Waals surface area (Å²) in [7, 11) is 0. The minimum Gasteiger partial charge on any atom is -0.384 e. The van der Waals surface area contributed by atoms with Gasteiger partial charge < -0.3 is 10.7 Å². The van der Waals surface area contributed by atoms with E-state index in [1.165, 1.54) is 17.7 Å². The Kier molecular flexibility index (Phi) is 5.74. The summed E-state index contributed by atoms with van der Waals surface area (Å²) in [5.74, 6) is 1.56. The second-order valence-electron chi connectivity index (χ2n) is 8.15. The van der Waals surface area contributed by atoms with Crippen LogP contribution >= 0.6 is 0 Å². The molecule has 3 N–H and O–H groups in total. The van der Waals surface area contributed by atoms with E-state index < -0.39 is 11.7 Å². The highest BCUT2D eigenvalue weighted by molar-refractivity contribution is 5.81. The molecule has 2 heterocycles. The summed E-state index contributed by atoms with van der Waals surface area (Å²) in [6.45, 7) is 4.34. The Balaban J connectivity index is 1.78. The maximum Gasteiger partial charge on any atom is 0.416 e. The number of aromatic amines is 1. The lowest BCUT2D eigenvalue weighted by Crippen LogP contribution is -2.04. The third-order valence-electron chi connectivity index (χ3n) is 5.14. The van der Waals surface area contributed by atoms with Crippen molar-refractivity contribution in [2.24, 2.45) is 5.92 Å². The fourth-order valence-corrected chi connectivity index (χ4v) is 3.57. The number of halogens is 3. The van der Waals surface area contributed by atoms with Gasteiger partial charge in [-0.2, -0.15) is 13.2 Å². The van der Waals surface area contributed by atoms with Gasteiger partial charge in [-0.15, -0.1) is 0 Å². The molecule has 4 rings (SSSR count). The van der Waals surface area contributed by atoms with Crippen molar-refractivity contribution in [1.29, 1.82) is 0 Å². The molecule has 164 valence electrons. The van der Waals surface area contributed by atoms with E-state index in [9.17, 15) is 13.2 Å². The summed E-state index contributed by atoms with van der Waals surface area (Å²) in [5.41, 5.74) is 9.67. The lowest BCUT2D eigenvalue weighted by Gasteiger charge is -2.08. The lowest BCUT2D eigenvalue weighted by molar-refractivity contribution is -0.137. The van der Waals surface area contributed by atoms with Crippen molar-refractivity contribution in [3.05, 3.63) is 78.0 Å². The van der Waals surface area contributed by atoms with Gasteiger partial charge in [0.15, 0.2) is 0 Å². The number of hydrogen-bond acceptors (Lipinski definition) is 3. The number of hydrogen-bond donors (Lipinski definition) is 2. The molecule has 4 aromatic rings. The lowest BCUT2D eigenvalue weighted by atomic mass is 10.0. The van der Waals surface area contributed by atoms with E-state index in [-0.39, 0.29) is 0 Å². The van der Waals surface area contributed by atoms with Crippen molar-refractivity contribution < 1.29 is 13.2 Å². The van der Waals surface area contributed by atoms with Gasteiger partial charge in [0.2, 0.25) is 0 Å². The van der Waals surface area contributed by atoms with Gasteiger partial charge in [0.05, 0.1) is 17.0 Å². The van der Waals surface area contributed by atoms with Gasteiger partial charge in [0, 0.05) is 22.9 Å². The molecular formula is C25H23F3N4. The number of nitrogens with zero attached hydrogens (tertiary/aromatic N) is 2. The van der Waals surface area contributed by atoms with Gasteiger partial charge in [0.1, 0.15) is 11.6 Å². The fraction of sp³-hybridized carbons (Fsp3) is 0.200. The Labute approximate surface area is 184 Å². The van der Waals surface area contributed by atoms with Crippen molar-refractivity contribution in [2.75, 3.05) is 5.73 Å². The molecule has 0 radical (unpaired) electrons. The topological polar surface area (TPSA) is 67.6 Å². The van der Waals surface area contributed by atoms with Crippen molar-refractivity contribution in [3.8, 4) is 33.9 Å². The Morgan fingerprint density at radius 3 is 2.06 bits per heavy atom. The van der Waals surface area contributed by atoms with Crippen LogP contribution in [-0.2, 0) is 12.6 Å². The molecule has 0 aliphatic carbocycles. The van der Waals surface area contributed by atoms with Crippen LogP contribution in [0.3, 0.4) is 0 Å². The minimum atomic E-state index is -4.39. The highest BCUT2D eigenvalue weighted by Crippen LogP contribution is 2.35. The number of imidazole rings is 1. The van der Waals surface area contributed by atoms with Crippen molar-refractivity contribution in [2.45, 2.75) is 26.4 Å². The number of pyridine rings is 1. The maximum atomic E-state index is 13.0. The van der Waals surface area contributed by atoms with Crippen LogP contribution in [0.1, 0.15) is 25.0 Å². The zero-order chi connectivity index (χ0) is 22.9. The van der Waals surface area contributed by atoms with Gasteiger partial charge in [-0.3, -0.25) is 0 Å². The van der Waals surface area contributed by atoms with Crippen molar-refractivity contribution in [1.82, 2.24) is 15.0 Å². The maximum absolute atomic E-state index is 13.0. The zero-order valence-corrected chi connectivity index (χ0v) is 17.7. The molecular weight excluding hydrogens is 413 g/mol. The van der Waals surface area contributed by atoms with Crippen LogP contribution in [0.15, 0.2) is 66.9 Å². The van der Waals surface area contributed by atoms with Gasteiger partial charge in [-0.05, 0) is 42.2 Å². The summed E-state index contributed by atoms with van der Waals surface area (Å²) in [6, 6.07) is 16.6. The predicted octanol–water partition coefficient (Wildman–Crippen LogP) is 6.61. The molecule has 2 aromatic heterocycles. The Hall–Kier alpha value is -3.61. The number of aromatic nitrogens is 3. The second-order valence-corrected chi connectivity index (χ2v) is 8.15. The number of anilines is 1. The third-order valence-corrected chi connectivity index (χ3v) is 5.14. The van der Waals surface area contributed by atoms with Gasteiger partial charge >= 0.3 is 6.18 Å². The number of nitrogens with two attached hydrogens (primary N) is 1. The smallest absolute Gasteiger partial charge is 0.384 e. The number of nitrogen functional groups attached to an aromatic ring is 1. The summed E-state index contributed by atoms with van der Waals surface area (Å²) in [5, 5.41) is 0. The molecule has 0 spiro atoms. The van der Waals surface area contributed by atoms with Crippen molar-refractivity contribution >= 4 is 5.82 Å². The van der Waals surface area contributed by atoms with Crippen LogP contribution in [-0.4, -0.2) is 15.0 Å². The largest absolute Gasteiger partial charge is 0.416 e. The van der Waals surface area contributed by atoms with Crippen molar-refractivity contribution in [3.63, 3.8) is 0 Å². The summed E-state index contributed by atoms with van der Waals surface area (Å²) < 4.78 is 39.0. The molecule has 0 aliphatic heterocycles. The fourth-order valence-electron chi connectivity index (χ4n) is 3.57. The standard InChI is InChI=1S/C25H23F3N4/c1-15(2)13-16-3-5-18(6-4-16)24-31-22(17-7-10-20(11-8-17)25(26,27)28)23(32-24)19-9-12-21(29)30-14-19/h3-12,14-15H,13H2,1-2H3,(H2,29,30)(H,31,32). The third kappa shape index (κ3) is 4.66. The van der Waals surface area contributed by atoms with E-state index in [0.29, 0.717) is 40.1 Å². The zero-order valence-electron chi connectivity index (χ0n) is 17.7. The highest BCUT2D eigenvalue weighted by Gasteiger charge is 2.30. The van der Waals surface area contributed by atoms with Gasteiger partial charge in [-0.1, -0.05) is 50.2 Å². The Morgan fingerprint density at radius 2 is 1.50 bits per heavy atom. The molecule has 0 amide bonds. The van der Waals surface area contributed by atoms with E-state index in [4.69, 9.17) is 10.7 Å². The number of benzene rings is 2. The molecule has 0 unspecified atom stereocenters. The molecule has 0 aliphatic rings. The predicted molar refractivity (Wildman–Crippen MR) is 121 cm³/mol. The summed E-state index contributed by atoms with van der Waals surface area (Å²) >= 11 is 0. The number of rotatable bonds is 5.